The summed E-state index contributed by atoms with van der Waals surface area (Å²) >= 11 is 7.98. The lowest BCUT2D eigenvalue weighted by atomic mass is 10.2. The topological polar surface area (TPSA) is 49.4 Å². The van der Waals surface area contributed by atoms with Crippen LogP contribution in [0.5, 0.6) is 0 Å². The second-order valence-corrected chi connectivity index (χ2v) is 10.0. The lowest BCUT2D eigenvalue weighted by molar-refractivity contribution is 0.417. The molecule has 1 saturated heterocycles. The average Bonchev–Trinajstić information content (AvgIpc) is 2.88. The van der Waals surface area contributed by atoms with Gasteiger partial charge in [-0.1, -0.05) is 0 Å². The molecule has 1 aliphatic heterocycles. The molecule has 8 heteroatoms. The van der Waals surface area contributed by atoms with E-state index in [1.54, 1.807) is 13.1 Å². The highest BCUT2D eigenvalue weighted by molar-refractivity contribution is 9.12. The predicted molar refractivity (Wildman–Crippen MR) is 80.6 cm³/mol. The van der Waals surface area contributed by atoms with E-state index in [0.717, 1.165) is 23.2 Å². The van der Waals surface area contributed by atoms with Crippen LogP contribution in [0.4, 0.5) is 0 Å². The van der Waals surface area contributed by atoms with Crippen molar-refractivity contribution in [3.8, 4) is 0 Å². The number of likely N-dealkylation sites (N-methyl/N-ethyl adjacent to an activating group) is 1. The Labute approximate surface area is 128 Å². The Kier molecular flexibility index (Phi) is 4.88. The summed E-state index contributed by atoms with van der Waals surface area (Å²) < 4.78 is 27.7. The van der Waals surface area contributed by atoms with Gasteiger partial charge in [0.1, 0.15) is 4.90 Å². The summed E-state index contributed by atoms with van der Waals surface area (Å²) in [6.45, 7) is 1.49. The number of nitrogens with zero attached hydrogens (tertiary/aromatic N) is 1. The summed E-state index contributed by atoms with van der Waals surface area (Å²) in [5, 5.41) is 3.31. The quantitative estimate of drug-likeness (QED) is 0.819. The molecule has 0 amide bonds. The Morgan fingerprint density at radius 1 is 1.56 bits per heavy atom. The number of halogens is 2. The molecule has 1 aromatic heterocycles. The molecule has 2 heterocycles. The predicted octanol–water partition coefficient (Wildman–Crippen LogP) is 2.65. The molecule has 1 aromatic rings. The van der Waals surface area contributed by atoms with Gasteiger partial charge >= 0.3 is 0 Å². The lowest BCUT2D eigenvalue weighted by Crippen LogP contribution is -2.38. The van der Waals surface area contributed by atoms with Crippen molar-refractivity contribution in [2.24, 2.45) is 0 Å². The van der Waals surface area contributed by atoms with E-state index >= 15 is 0 Å². The Morgan fingerprint density at radius 3 is 2.78 bits per heavy atom. The zero-order valence-corrected chi connectivity index (χ0v) is 14.6. The molecule has 0 radical (unpaired) electrons. The minimum atomic E-state index is -3.41. The van der Waals surface area contributed by atoms with Crippen molar-refractivity contribution >= 4 is 53.2 Å². The van der Waals surface area contributed by atoms with Crippen molar-refractivity contribution in [3.63, 3.8) is 0 Å². The van der Waals surface area contributed by atoms with E-state index in [1.165, 1.54) is 15.6 Å². The van der Waals surface area contributed by atoms with Crippen LogP contribution in [0.15, 0.2) is 18.5 Å². The number of hydrogen-bond acceptors (Lipinski definition) is 4. The van der Waals surface area contributed by atoms with Gasteiger partial charge < -0.3 is 5.32 Å². The molecule has 1 N–H and O–H groups in total. The van der Waals surface area contributed by atoms with Crippen molar-refractivity contribution in [2.75, 3.05) is 20.1 Å². The third-order valence-electron chi connectivity index (χ3n) is 2.95. The molecule has 1 fully saturated rings. The third kappa shape index (κ3) is 3.16. The lowest BCUT2D eigenvalue weighted by Gasteiger charge is -2.20. The zero-order valence-electron chi connectivity index (χ0n) is 9.82. The first-order valence-corrected chi connectivity index (χ1v) is 9.40. The van der Waals surface area contributed by atoms with Crippen LogP contribution in [0, 0.1) is 0 Å². The second kappa shape index (κ2) is 5.88. The van der Waals surface area contributed by atoms with Crippen LogP contribution in [0.2, 0.25) is 0 Å². The van der Waals surface area contributed by atoms with Gasteiger partial charge in [0.2, 0.25) is 10.0 Å². The van der Waals surface area contributed by atoms with Crippen LogP contribution in [0.3, 0.4) is 0 Å². The molecular weight excluding hydrogens is 404 g/mol. The summed E-state index contributed by atoms with van der Waals surface area (Å²) in [5.74, 6) is 0. The molecule has 102 valence electrons. The maximum atomic E-state index is 12.4. The molecule has 0 saturated carbocycles. The molecule has 1 aliphatic rings. The second-order valence-electron chi connectivity index (χ2n) is 4.27. The Morgan fingerprint density at radius 2 is 2.28 bits per heavy atom. The van der Waals surface area contributed by atoms with Crippen LogP contribution in [0.25, 0.3) is 0 Å². The molecule has 1 atom stereocenters. The first-order chi connectivity index (χ1) is 8.41. The minimum absolute atomic E-state index is 0.269. The SMILES string of the molecule is CN(CC1CCCN1)S(=O)(=O)c1cc(Br)sc1Br. The van der Waals surface area contributed by atoms with Crippen molar-refractivity contribution in [1.82, 2.24) is 9.62 Å². The van der Waals surface area contributed by atoms with Gasteiger partial charge in [0, 0.05) is 19.6 Å². The van der Waals surface area contributed by atoms with E-state index < -0.39 is 10.0 Å². The number of sulfonamides is 1. The standard InChI is InChI=1S/C10H14Br2N2O2S2/c1-14(6-7-3-2-4-13-7)18(15,16)8-5-9(11)17-10(8)12/h5,7,13H,2-4,6H2,1H3. The first kappa shape index (κ1) is 14.9. The molecule has 1 unspecified atom stereocenters. The maximum absolute atomic E-state index is 12.4. The van der Waals surface area contributed by atoms with Gasteiger partial charge in [0.25, 0.3) is 0 Å². The molecular formula is C10H14Br2N2O2S2. The number of rotatable bonds is 4. The summed E-state index contributed by atoms with van der Waals surface area (Å²) in [7, 11) is -1.78. The summed E-state index contributed by atoms with van der Waals surface area (Å²) in [6, 6.07) is 1.91. The third-order valence-corrected chi connectivity index (χ3v) is 7.53. The fourth-order valence-corrected chi connectivity index (χ4v) is 6.96. The van der Waals surface area contributed by atoms with Gasteiger partial charge in [-0.25, -0.2) is 8.42 Å². The Hall–Kier alpha value is 0.530. The molecule has 0 aliphatic carbocycles. The van der Waals surface area contributed by atoms with Crippen LogP contribution in [-0.2, 0) is 10.0 Å². The molecule has 2 rings (SSSR count). The highest BCUT2D eigenvalue weighted by Crippen LogP contribution is 2.36. The smallest absolute Gasteiger partial charge is 0.244 e. The van der Waals surface area contributed by atoms with Crippen molar-refractivity contribution in [3.05, 3.63) is 13.6 Å². The largest absolute Gasteiger partial charge is 0.313 e. The molecule has 0 spiro atoms. The van der Waals surface area contributed by atoms with Crippen molar-refractivity contribution in [2.45, 2.75) is 23.8 Å². The summed E-state index contributed by atoms with van der Waals surface area (Å²) in [6.07, 6.45) is 2.15. The van der Waals surface area contributed by atoms with Gasteiger partial charge in [0.05, 0.1) is 7.57 Å². The number of nitrogens with one attached hydrogen (secondary N) is 1. The average molecular weight is 418 g/mol. The molecule has 4 nitrogen and oxygen atoms in total. The van der Waals surface area contributed by atoms with E-state index in [2.05, 4.69) is 37.2 Å². The van der Waals surface area contributed by atoms with Crippen molar-refractivity contribution in [1.29, 1.82) is 0 Å². The van der Waals surface area contributed by atoms with Gasteiger partial charge in [-0.15, -0.1) is 11.3 Å². The fourth-order valence-electron chi connectivity index (χ4n) is 1.99. The molecule has 0 aromatic carbocycles. The first-order valence-electron chi connectivity index (χ1n) is 5.56. The maximum Gasteiger partial charge on any atom is 0.244 e. The fraction of sp³-hybridized carbons (Fsp3) is 0.600. The van der Waals surface area contributed by atoms with Crippen LogP contribution in [-0.4, -0.2) is 38.9 Å². The van der Waals surface area contributed by atoms with Gasteiger partial charge in [-0.3, -0.25) is 0 Å². The van der Waals surface area contributed by atoms with E-state index in [9.17, 15) is 8.42 Å². The van der Waals surface area contributed by atoms with E-state index in [0.29, 0.717) is 15.2 Å². The molecule has 18 heavy (non-hydrogen) atoms. The zero-order chi connectivity index (χ0) is 13.3. The molecule has 0 bridgehead atoms. The minimum Gasteiger partial charge on any atom is -0.313 e. The van der Waals surface area contributed by atoms with Gasteiger partial charge in [-0.2, -0.15) is 4.31 Å². The summed E-state index contributed by atoms with van der Waals surface area (Å²) in [4.78, 5) is 0.333. The van der Waals surface area contributed by atoms with Crippen LogP contribution in [0.1, 0.15) is 12.8 Å². The van der Waals surface area contributed by atoms with Crippen molar-refractivity contribution < 1.29 is 8.42 Å². The van der Waals surface area contributed by atoms with Crippen LogP contribution >= 0.6 is 43.2 Å². The monoisotopic (exact) mass is 416 g/mol. The number of thiophene rings is 1. The van der Waals surface area contributed by atoms with Crippen LogP contribution < -0.4 is 5.32 Å². The Bertz CT molecular complexity index is 524. The normalized spacial score (nSPS) is 20.8. The van der Waals surface area contributed by atoms with E-state index in [4.69, 9.17) is 0 Å². The number of hydrogen-bond donors (Lipinski definition) is 1. The highest BCUT2D eigenvalue weighted by Gasteiger charge is 2.28. The van der Waals surface area contributed by atoms with Gasteiger partial charge in [0.15, 0.2) is 0 Å². The highest BCUT2D eigenvalue weighted by atomic mass is 79.9. The Balaban J connectivity index is 2.17. The summed E-state index contributed by atoms with van der Waals surface area (Å²) in [5.41, 5.74) is 0. The van der Waals surface area contributed by atoms with E-state index in [-0.39, 0.29) is 6.04 Å². The van der Waals surface area contributed by atoms with Gasteiger partial charge in [-0.05, 0) is 57.3 Å². The van der Waals surface area contributed by atoms with E-state index in [1.807, 2.05) is 0 Å².